The van der Waals surface area contributed by atoms with Gasteiger partial charge in [-0.25, -0.2) is 4.39 Å². The van der Waals surface area contributed by atoms with Crippen LogP contribution in [-0.4, -0.2) is 19.2 Å². The van der Waals surface area contributed by atoms with Crippen LogP contribution in [0.25, 0.3) is 0 Å². The monoisotopic (exact) mass is 263 g/mol. The zero-order valence-electron chi connectivity index (χ0n) is 9.56. The SMILES string of the molecule is Fc1cc(C(F)(F)F)ccc1OCC1CCCN1. The fourth-order valence-corrected chi connectivity index (χ4v) is 1.88. The van der Waals surface area contributed by atoms with Gasteiger partial charge in [0.15, 0.2) is 11.6 Å². The number of alkyl halides is 3. The van der Waals surface area contributed by atoms with E-state index < -0.39 is 17.6 Å². The summed E-state index contributed by atoms with van der Waals surface area (Å²) in [5, 5.41) is 3.15. The van der Waals surface area contributed by atoms with E-state index in [2.05, 4.69) is 5.32 Å². The van der Waals surface area contributed by atoms with Crippen molar-refractivity contribution < 1.29 is 22.3 Å². The van der Waals surface area contributed by atoms with E-state index in [1.807, 2.05) is 0 Å². The van der Waals surface area contributed by atoms with Gasteiger partial charge in [0, 0.05) is 6.04 Å². The molecule has 1 N–H and O–H groups in total. The average Bonchev–Trinajstić information content (AvgIpc) is 2.79. The number of nitrogens with one attached hydrogen (secondary N) is 1. The molecule has 6 heteroatoms. The summed E-state index contributed by atoms with van der Waals surface area (Å²) in [6.45, 7) is 1.16. The zero-order chi connectivity index (χ0) is 13.2. The van der Waals surface area contributed by atoms with Gasteiger partial charge >= 0.3 is 6.18 Å². The fourth-order valence-electron chi connectivity index (χ4n) is 1.88. The summed E-state index contributed by atoms with van der Waals surface area (Å²) in [7, 11) is 0. The van der Waals surface area contributed by atoms with Crippen molar-refractivity contribution in [3.8, 4) is 5.75 Å². The summed E-state index contributed by atoms with van der Waals surface area (Å²) < 4.78 is 55.5. The van der Waals surface area contributed by atoms with Gasteiger partial charge in [-0.15, -0.1) is 0 Å². The number of benzene rings is 1. The molecule has 1 aliphatic heterocycles. The lowest BCUT2D eigenvalue weighted by Gasteiger charge is -2.13. The summed E-state index contributed by atoms with van der Waals surface area (Å²) in [5.74, 6) is -1.13. The lowest BCUT2D eigenvalue weighted by atomic mass is 10.2. The molecule has 1 aromatic rings. The van der Waals surface area contributed by atoms with Crippen LogP contribution in [-0.2, 0) is 6.18 Å². The van der Waals surface area contributed by atoms with Crippen molar-refractivity contribution in [3.63, 3.8) is 0 Å². The number of ether oxygens (including phenoxy) is 1. The van der Waals surface area contributed by atoms with Crippen LogP contribution in [0, 0.1) is 5.82 Å². The Balaban J connectivity index is 2.01. The minimum atomic E-state index is -4.54. The summed E-state index contributed by atoms with van der Waals surface area (Å²) in [4.78, 5) is 0. The first-order chi connectivity index (χ1) is 8.47. The molecule has 1 atom stereocenters. The molecule has 1 aliphatic rings. The Bertz CT molecular complexity index is 413. The smallest absolute Gasteiger partial charge is 0.416 e. The summed E-state index contributed by atoms with van der Waals surface area (Å²) in [5.41, 5.74) is -1.01. The van der Waals surface area contributed by atoms with E-state index >= 15 is 0 Å². The molecule has 2 rings (SSSR count). The van der Waals surface area contributed by atoms with Crippen LogP contribution in [0.2, 0.25) is 0 Å². The maximum absolute atomic E-state index is 13.4. The van der Waals surface area contributed by atoms with Crippen molar-refractivity contribution in [2.24, 2.45) is 0 Å². The largest absolute Gasteiger partial charge is 0.489 e. The summed E-state index contributed by atoms with van der Waals surface area (Å²) >= 11 is 0. The van der Waals surface area contributed by atoms with Crippen LogP contribution >= 0.6 is 0 Å². The Kier molecular flexibility index (Phi) is 3.75. The van der Waals surface area contributed by atoms with Crippen molar-refractivity contribution in [1.82, 2.24) is 5.32 Å². The van der Waals surface area contributed by atoms with Crippen molar-refractivity contribution in [1.29, 1.82) is 0 Å². The van der Waals surface area contributed by atoms with Gasteiger partial charge in [0.1, 0.15) is 6.61 Å². The van der Waals surface area contributed by atoms with Crippen LogP contribution in [0.5, 0.6) is 5.75 Å². The molecular formula is C12H13F4NO. The van der Waals surface area contributed by atoms with Gasteiger partial charge in [0.05, 0.1) is 5.56 Å². The van der Waals surface area contributed by atoms with E-state index in [0.29, 0.717) is 6.07 Å². The standard InChI is InChI=1S/C12H13F4NO/c13-10-6-8(12(14,15)16)3-4-11(10)18-7-9-2-1-5-17-9/h3-4,6,9,17H,1-2,5,7H2. The first-order valence-electron chi connectivity index (χ1n) is 5.70. The zero-order valence-corrected chi connectivity index (χ0v) is 9.56. The van der Waals surface area contributed by atoms with Gasteiger partial charge < -0.3 is 10.1 Å². The molecule has 0 aliphatic carbocycles. The molecule has 0 amide bonds. The van der Waals surface area contributed by atoms with Gasteiger partial charge in [0.2, 0.25) is 0 Å². The third-order valence-corrected chi connectivity index (χ3v) is 2.86. The van der Waals surface area contributed by atoms with Gasteiger partial charge in [0.25, 0.3) is 0 Å². The molecule has 0 spiro atoms. The van der Waals surface area contributed by atoms with Crippen LogP contribution in [0.4, 0.5) is 17.6 Å². The van der Waals surface area contributed by atoms with Crippen LogP contribution in [0.15, 0.2) is 18.2 Å². The predicted molar refractivity (Wildman–Crippen MR) is 57.9 cm³/mol. The first kappa shape index (κ1) is 13.1. The molecule has 0 bridgehead atoms. The van der Waals surface area contributed by atoms with Gasteiger partial charge in [-0.1, -0.05) is 0 Å². The van der Waals surface area contributed by atoms with E-state index in [1.54, 1.807) is 0 Å². The number of rotatable bonds is 3. The van der Waals surface area contributed by atoms with E-state index in [0.717, 1.165) is 31.5 Å². The van der Waals surface area contributed by atoms with E-state index in [4.69, 9.17) is 4.74 Å². The van der Waals surface area contributed by atoms with Crippen LogP contribution < -0.4 is 10.1 Å². The van der Waals surface area contributed by atoms with Crippen LogP contribution in [0.1, 0.15) is 18.4 Å². The molecule has 1 fully saturated rings. The molecule has 0 radical (unpaired) electrons. The maximum atomic E-state index is 13.4. The highest BCUT2D eigenvalue weighted by Gasteiger charge is 2.31. The molecular weight excluding hydrogens is 250 g/mol. The van der Waals surface area contributed by atoms with Crippen LogP contribution in [0.3, 0.4) is 0 Å². The topological polar surface area (TPSA) is 21.3 Å². The van der Waals surface area contributed by atoms with Crippen molar-refractivity contribution >= 4 is 0 Å². The Morgan fingerprint density at radius 1 is 1.33 bits per heavy atom. The molecule has 2 nitrogen and oxygen atoms in total. The lowest BCUT2D eigenvalue weighted by Crippen LogP contribution is -2.28. The highest BCUT2D eigenvalue weighted by Crippen LogP contribution is 2.31. The fraction of sp³-hybridized carbons (Fsp3) is 0.500. The normalized spacial score (nSPS) is 20.1. The quantitative estimate of drug-likeness (QED) is 0.846. The Morgan fingerprint density at radius 2 is 2.11 bits per heavy atom. The predicted octanol–water partition coefficient (Wildman–Crippen LogP) is 2.98. The Labute approximate surface area is 102 Å². The Morgan fingerprint density at radius 3 is 2.67 bits per heavy atom. The highest BCUT2D eigenvalue weighted by molar-refractivity contribution is 5.30. The first-order valence-corrected chi connectivity index (χ1v) is 5.70. The third kappa shape index (κ3) is 3.13. The molecule has 18 heavy (non-hydrogen) atoms. The van der Waals surface area contributed by atoms with E-state index in [-0.39, 0.29) is 18.4 Å². The Hall–Kier alpha value is -1.30. The van der Waals surface area contributed by atoms with Crippen molar-refractivity contribution in [2.75, 3.05) is 13.2 Å². The molecule has 0 aromatic heterocycles. The van der Waals surface area contributed by atoms with Gasteiger partial charge in [-0.3, -0.25) is 0 Å². The molecule has 1 unspecified atom stereocenters. The molecule has 100 valence electrons. The van der Waals surface area contributed by atoms with Gasteiger partial charge in [-0.2, -0.15) is 13.2 Å². The molecule has 1 heterocycles. The molecule has 1 aromatic carbocycles. The second-order valence-corrected chi connectivity index (χ2v) is 4.25. The second-order valence-electron chi connectivity index (χ2n) is 4.25. The maximum Gasteiger partial charge on any atom is 0.416 e. The summed E-state index contributed by atoms with van der Waals surface area (Å²) in [6, 6.07) is 2.44. The minimum absolute atomic E-state index is 0.142. The number of hydrogen-bond donors (Lipinski definition) is 1. The second kappa shape index (κ2) is 5.14. The lowest BCUT2D eigenvalue weighted by molar-refractivity contribution is -0.137. The van der Waals surface area contributed by atoms with Crippen molar-refractivity contribution in [3.05, 3.63) is 29.6 Å². The van der Waals surface area contributed by atoms with Crippen molar-refractivity contribution in [2.45, 2.75) is 25.1 Å². The van der Waals surface area contributed by atoms with E-state index in [9.17, 15) is 17.6 Å². The van der Waals surface area contributed by atoms with E-state index in [1.165, 1.54) is 0 Å². The highest BCUT2D eigenvalue weighted by atomic mass is 19.4. The minimum Gasteiger partial charge on any atom is -0.489 e. The summed E-state index contributed by atoms with van der Waals surface area (Å²) in [6.07, 6.45) is -2.57. The third-order valence-electron chi connectivity index (χ3n) is 2.86. The number of halogens is 4. The number of hydrogen-bond acceptors (Lipinski definition) is 2. The van der Waals surface area contributed by atoms with Gasteiger partial charge in [-0.05, 0) is 37.6 Å². The molecule has 0 saturated carbocycles. The average molecular weight is 263 g/mol. The molecule has 1 saturated heterocycles.